The largest absolute Gasteiger partial charge is 0.117 e. The molecule has 1 saturated carbocycles. The number of halogens is 2. The van der Waals surface area contributed by atoms with E-state index in [0.717, 1.165) is 5.02 Å². The number of alkyl halides is 1. The maximum atomic E-state index is 6.58. The Balaban J connectivity index is 2.22. The zero-order chi connectivity index (χ0) is 12.1. The van der Waals surface area contributed by atoms with E-state index in [0.29, 0.717) is 16.7 Å². The lowest BCUT2D eigenvalue weighted by molar-refractivity contribution is 0.457. The lowest BCUT2D eigenvalue weighted by Crippen LogP contribution is -1.99. The van der Waals surface area contributed by atoms with Crippen molar-refractivity contribution in [2.75, 3.05) is 0 Å². The molecule has 1 aromatic carbocycles. The molecule has 1 unspecified atom stereocenters. The van der Waals surface area contributed by atoms with Crippen LogP contribution in [0.15, 0.2) is 24.3 Å². The molecule has 2 heteroatoms. The van der Waals surface area contributed by atoms with Gasteiger partial charge in [-0.2, -0.15) is 0 Å². The molecule has 0 saturated heterocycles. The van der Waals surface area contributed by atoms with Crippen molar-refractivity contribution in [3.05, 3.63) is 34.9 Å². The van der Waals surface area contributed by atoms with Crippen LogP contribution in [0, 0.1) is 16.7 Å². The number of benzene rings is 1. The highest BCUT2D eigenvalue weighted by Gasteiger charge is 2.67. The fourth-order valence-electron chi connectivity index (χ4n) is 2.82. The van der Waals surface area contributed by atoms with Gasteiger partial charge < -0.3 is 0 Å². The maximum absolute atomic E-state index is 6.58. The quantitative estimate of drug-likeness (QED) is 0.630. The second-order valence-electron chi connectivity index (χ2n) is 5.87. The van der Waals surface area contributed by atoms with Crippen molar-refractivity contribution in [3.8, 4) is 0 Å². The van der Waals surface area contributed by atoms with Gasteiger partial charge in [0.1, 0.15) is 0 Å². The van der Waals surface area contributed by atoms with Crippen molar-refractivity contribution in [1.29, 1.82) is 0 Å². The molecule has 0 nitrogen and oxygen atoms in total. The first kappa shape index (κ1) is 12.3. The lowest BCUT2D eigenvalue weighted by Gasteiger charge is -2.12. The highest BCUT2D eigenvalue weighted by Crippen LogP contribution is 2.73. The second kappa shape index (κ2) is 3.65. The van der Waals surface area contributed by atoms with Gasteiger partial charge in [-0.25, -0.2) is 0 Å². The molecule has 0 aromatic heterocycles. The van der Waals surface area contributed by atoms with E-state index in [-0.39, 0.29) is 5.38 Å². The summed E-state index contributed by atoms with van der Waals surface area (Å²) in [5, 5.41) is 0.851. The number of rotatable bonds is 2. The Kier molecular flexibility index (Phi) is 2.79. The van der Waals surface area contributed by atoms with E-state index in [2.05, 4.69) is 27.7 Å². The monoisotopic (exact) mass is 256 g/mol. The first-order valence-electron chi connectivity index (χ1n) is 5.68. The Bertz CT molecular complexity index is 376. The summed E-state index contributed by atoms with van der Waals surface area (Å²) in [4.78, 5) is 0. The highest BCUT2D eigenvalue weighted by molar-refractivity contribution is 6.30. The molecule has 16 heavy (non-hydrogen) atoms. The van der Waals surface area contributed by atoms with Crippen LogP contribution in [0.2, 0.25) is 5.02 Å². The average Bonchev–Trinajstić information content (AvgIpc) is 2.57. The molecule has 1 aromatic rings. The SMILES string of the molecule is CC1(C)C(C(Cl)c2ccc(Cl)cc2)C1(C)C. The van der Waals surface area contributed by atoms with Crippen LogP contribution in [0.1, 0.15) is 38.6 Å². The minimum atomic E-state index is 0.0854. The molecule has 2 rings (SSSR count). The molecule has 1 aliphatic rings. The normalized spacial score (nSPS) is 24.1. The van der Waals surface area contributed by atoms with Gasteiger partial charge in [-0.05, 0) is 34.4 Å². The van der Waals surface area contributed by atoms with Gasteiger partial charge in [0.15, 0.2) is 0 Å². The van der Waals surface area contributed by atoms with Crippen LogP contribution in [0.5, 0.6) is 0 Å². The van der Waals surface area contributed by atoms with E-state index >= 15 is 0 Å². The zero-order valence-corrected chi connectivity index (χ0v) is 11.7. The van der Waals surface area contributed by atoms with Gasteiger partial charge in [0.25, 0.3) is 0 Å². The maximum Gasteiger partial charge on any atom is 0.0624 e. The minimum absolute atomic E-state index is 0.0854. The van der Waals surface area contributed by atoms with Crippen LogP contribution in [0.25, 0.3) is 0 Å². The fraction of sp³-hybridized carbons (Fsp3) is 0.571. The van der Waals surface area contributed by atoms with Crippen LogP contribution in [-0.2, 0) is 0 Å². The summed E-state index contributed by atoms with van der Waals surface area (Å²) in [7, 11) is 0. The van der Waals surface area contributed by atoms with E-state index < -0.39 is 0 Å². The third-order valence-electron chi connectivity index (χ3n) is 4.61. The molecule has 0 radical (unpaired) electrons. The number of hydrogen-bond donors (Lipinski definition) is 0. The van der Waals surface area contributed by atoms with Gasteiger partial charge in [0.05, 0.1) is 5.38 Å². The first-order chi connectivity index (χ1) is 7.28. The van der Waals surface area contributed by atoms with Crippen LogP contribution in [0.3, 0.4) is 0 Å². The average molecular weight is 257 g/mol. The molecule has 0 aliphatic heterocycles. The predicted octanol–water partition coefficient (Wildman–Crippen LogP) is 5.30. The fourth-order valence-corrected chi connectivity index (χ4v) is 3.72. The Morgan fingerprint density at radius 1 is 1.00 bits per heavy atom. The summed E-state index contributed by atoms with van der Waals surface area (Å²) in [6.07, 6.45) is 0. The van der Waals surface area contributed by atoms with Crippen molar-refractivity contribution in [2.24, 2.45) is 16.7 Å². The zero-order valence-electron chi connectivity index (χ0n) is 10.2. The molecule has 1 aliphatic carbocycles. The summed E-state index contributed by atoms with van der Waals surface area (Å²) < 4.78 is 0. The molecule has 88 valence electrons. The van der Waals surface area contributed by atoms with E-state index in [1.54, 1.807) is 0 Å². The van der Waals surface area contributed by atoms with Gasteiger partial charge in [-0.15, -0.1) is 11.6 Å². The van der Waals surface area contributed by atoms with Crippen molar-refractivity contribution >= 4 is 23.2 Å². The molecule has 0 spiro atoms. The van der Waals surface area contributed by atoms with Crippen LogP contribution >= 0.6 is 23.2 Å². The van der Waals surface area contributed by atoms with E-state index in [9.17, 15) is 0 Å². The van der Waals surface area contributed by atoms with E-state index in [4.69, 9.17) is 23.2 Å². The Morgan fingerprint density at radius 2 is 1.44 bits per heavy atom. The lowest BCUT2D eigenvalue weighted by atomic mass is 10.0. The van der Waals surface area contributed by atoms with Gasteiger partial charge in [0.2, 0.25) is 0 Å². The van der Waals surface area contributed by atoms with Crippen LogP contribution < -0.4 is 0 Å². The smallest absolute Gasteiger partial charge is 0.0624 e. The highest BCUT2D eigenvalue weighted by atomic mass is 35.5. The standard InChI is InChI=1S/C14H18Cl2/c1-13(2)12(14(13,3)4)11(16)9-5-7-10(15)8-6-9/h5-8,11-12H,1-4H3. The van der Waals surface area contributed by atoms with Gasteiger partial charge in [-0.1, -0.05) is 51.4 Å². The van der Waals surface area contributed by atoms with Crippen molar-refractivity contribution in [1.82, 2.24) is 0 Å². The minimum Gasteiger partial charge on any atom is -0.117 e. The summed E-state index contributed by atoms with van der Waals surface area (Å²) >= 11 is 12.5. The predicted molar refractivity (Wildman–Crippen MR) is 71.1 cm³/mol. The van der Waals surface area contributed by atoms with Crippen LogP contribution in [-0.4, -0.2) is 0 Å². The summed E-state index contributed by atoms with van der Waals surface area (Å²) in [6.45, 7) is 9.18. The molecular formula is C14H18Cl2. The third-order valence-corrected chi connectivity index (χ3v) is 5.37. The Hall–Kier alpha value is -0.200. The molecule has 0 N–H and O–H groups in total. The molecule has 0 heterocycles. The van der Waals surface area contributed by atoms with Crippen molar-refractivity contribution < 1.29 is 0 Å². The Morgan fingerprint density at radius 3 is 1.81 bits per heavy atom. The molecule has 0 bridgehead atoms. The van der Waals surface area contributed by atoms with Crippen LogP contribution in [0.4, 0.5) is 0 Å². The topological polar surface area (TPSA) is 0 Å². The van der Waals surface area contributed by atoms with Gasteiger partial charge in [0, 0.05) is 5.02 Å². The van der Waals surface area contributed by atoms with Crippen molar-refractivity contribution in [2.45, 2.75) is 33.1 Å². The molecule has 1 atom stereocenters. The number of hydrogen-bond acceptors (Lipinski definition) is 0. The summed E-state index contributed by atoms with van der Waals surface area (Å²) in [5.74, 6) is 0.530. The van der Waals surface area contributed by atoms with E-state index in [1.807, 2.05) is 24.3 Å². The summed E-state index contributed by atoms with van der Waals surface area (Å²) in [5.41, 5.74) is 1.81. The van der Waals surface area contributed by atoms with E-state index in [1.165, 1.54) is 5.56 Å². The van der Waals surface area contributed by atoms with Gasteiger partial charge >= 0.3 is 0 Å². The molecular weight excluding hydrogens is 239 g/mol. The summed E-state index contributed by atoms with van der Waals surface area (Å²) in [6, 6.07) is 7.89. The third kappa shape index (κ3) is 1.67. The van der Waals surface area contributed by atoms with Crippen molar-refractivity contribution in [3.63, 3.8) is 0 Å². The van der Waals surface area contributed by atoms with Gasteiger partial charge in [-0.3, -0.25) is 0 Å². The molecule has 1 fully saturated rings. The first-order valence-corrected chi connectivity index (χ1v) is 6.49. The Labute approximate surface area is 108 Å². The second-order valence-corrected chi connectivity index (χ2v) is 6.78. The molecule has 0 amide bonds.